The van der Waals surface area contributed by atoms with E-state index < -0.39 is 5.60 Å². The number of carbonyl (C=O) groups is 1. The highest BCUT2D eigenvalue weighted by Crippen LogP contribution is 2.10. The number of hydrogen-bond acceptors (Lipinski definition) is 6. The number of unbranched alkanes of at least 4 members (excludes halogenated alkanes) is 1. The van der Waals surface area contributed by atoms with Gasteiger partial charge in [0.15, 0.2) is 0 Å². The molecular weight excluding hydrogens is 298 g/mol. The number of hydrogen-bond donors (Lipinski definition) is 1. The molecule has 7 nitrogen and oxygen atoms in total. The van der Waals surface area contributed by atoms with Gasteiger partial charge in [-0.15, -0.1) is 0 Å². The van der Waals surface area contributed by atoms with Crippen LogP contribution in [0.15, 0.2) is 4.99 Å². The number of aliphatic imine (C=N–C) groups is 1. The molecule has 134 valence electrons. The molecule has 1 aliphatic heterocycles. The van der Waals surface area contributed by atoms with E-state index in [0.29, 0.717) is 32.8 Å². The summed E-state index contributed by atoms with van der Waals surface area (Å²) in [5, 5.41) is 3.29. The highest BCUT2D eigenvalue weighted by Gasteiger charge is 2.24. The van der Waals surface area contributed by atoms with Crippen molar-refractivity contribution in [1.29, 1.82) is 0 Å². The SMILES string of the molecule is COCCOCCCCNC1=NCCN(C(=O)OC(C)(C)C)C1. The van der Waals surface area contributed by atoms with Crippen molar-refractivity contribution in [2.24, 2.45) is 4.99 Å². The summed E-state index contributed by atoms with van der Waals surface area (Å²) < 4.78 is 15.7. The van der Waals surface area contributed by atoms with Crippen molar-refractivity contribution < 1.29 is 19.0 Å². The summed E-state index contributed by atoms with van der Waals surface area (Å²) in [6.07, 6.45) is 1.70. The van der Waals surface area contributed by atoms with Crippen molar-refractivity contribution in [3.8, 4) is 0 Å². The summed E-state index contributed by atoms with van der Waals surface area (Å²) in [6.45, 7) is 10.2. The third-order valence-corrected chi connectivity index (χ3v) is 3.14. The number of ether oxygens (including phenoxy) is 3. The Balaban J connectivity index is 2.16. The van der Waals surface area contributed by atoms with E-state index >= 15 is 0 Å². The number of nitrogens with one attached hydrogen (secondary N) is 1. The largest absolute Gasteiger partial charge is 0.444 e. The van der Waals surface area contributed by atoms with E-state index in [2.05, 4.69) is 10.3 Å². The second-order valence-electron chi connectivity index (χ2n) is 6.47. The Morgan fingerprint density at radius 2 is 2.04 bits per heavy atom. The normalized spacial score (nSPS) is 15.3. The fourth-order valence-corrected chi connectivity index (χ4v) is 2.02. The van der Waals surface area contributed by atoms with Gasteiger partial charge in [0.25, 0.3) is 0 Å². The van der Waals surface area contributed by atoms with Crippen LogP contribution >= 0.6 is 0 Å². The molecule has 1 rings (SSSR count). The first-order valence-corrected chi connectivity index (χ1v) is 8.24. The Kier molecular flexibility index (Phi) is 8.94. The first kappa shape index (κ1) is 19.7. The molecule has 7 heteroatoms. The van der Waals surface area contributed by atoms with Gasteiger partial charge in [0, 0.05) is 26.8 Å². The maximum atomic E-state index is 12.1. The molecule has 0 saturated carbocycles. The molecule has 0 radical (unpaired) electrons. The van der Waals surface area contributed by atoms with Crippen LogP contribution in [0.4, 0.5) is 4.79 Å². The third-order valence-electron chi connectivity index (χ3n) is 3.14. The van der Waals surface area contributed by atoms with Gasteiger partial charge in [-0.25, -0.2) is 4.79 Å². The Morgan fingerprint density at radius 1 is 1.26 bits per heavy atom. The predicted octanol–water partition coefficient (Wildman–Crippen LogP) is 1.67. The Labute approximate surface area is 139 Å². The molecule has 1 N–H and O–H groups in total. The summed E-state index contributed by atoms with van der Waals surface area (Å²) >= 11 is 0. The van der Waals surface area contributed by atoms with E-state index in [1.165, 1.54) is 0 Å². The Bertz CT molecular complexity index is 380. The first-order chi connectivity index (χ1) is 10.9. The van der Waals surface area contributed by atoms with Crippen molar-refractivity contribution >= 4 is 11.9 Å². The lowest BCUT2D eigenvalue weighted by atomic mass is 10.2. The first-order valence-electron chi connectivity index (χ1n) is 8.24. The highest BCUT2D eigenvalue weighted by molar-refractivity contribution is 5.87. The molecule has 0 bridgehead atoms. The van der Waals surface area contributed by atoms with Crippen molar-refractivity contribution in [3.63, 3.8) is 0 Å². The van der Waals surface area contributed by atoms with Crippen LogP contribution in [0.2, 0.25) is 0 Å². The minimum atomic E-state index is -0.470. The fraction of sp³-hybridized carbons (Fsp3) is 0.875. The number of nitrogens with zero attached hydrogens (tertiary/aromatic N) is 2. The molecule has 0 aromatic heterocycles. The van der Waals surface area contributed by atoms with Crippen LogP contribution < -0.4 is 5.32 Å². The summed E-state index contributed by atoms with van der Waals surface area (Å²) in [5.41, 5.74) is -0.470. The maximum Gasteiger partial charge on any atom is 0.410 e. The second kappa shape index (κ2) is 10.4. The van der Waals surface area contributed by atoms with Gasteiger partial charge in [0.2, 0.25) is 0 Å². The molecule has 0 aromatic rings. The zero-order valence-corrected chi connectivity index (χ0v) is 14.9. The molecule has 0 aliphatic carbocycles. The van der Waals surface area contributed by atoms with Gasteiger partial charge in [0.1, 0.15) is 11.4 Å². The smallest absolute Gasteiger partial charge is 0.410 e. The number of carbonyl (C=O) groups excluding carboxylic acids is 1. The topological polar surface area (TPSA) is 72.4 Å². The van der Waals surface area contributed by atoms with Crippen molar-refractivity contribution in [2.45, 2.75) is 39.2 Å². The number of rotatable bonds is 8. The summed E-state index contributed by atoms with van der Waals surface area (Å²) in [5.74, 6) is 0.849. The molecule has 1 heterocycles. The number of amides is 1. The van der Waals surface area contributed by atoms with E-state index in [0.717, 1.165) is 31.8 Å². The Morgan fingerprint density at radius 3 is 2.74 bits per heavy atom. The molecule has 0 spiro atoms. The minimum absolute atomic E-state index is 0.279. The summed E-state index contributed by atoms with van der Waals surface area (Å²) in [4.78, 5) is 18.2. The molecule has 0 aromatic carbocycles. The van der Waals surface area contributed by atoms with Crippen LogP contribution in [-0.2, 0) is 14.2 Å². The van der Waals surface area contributed by atoms with Crippen LogP contribution in [0.1, 0.15) is 33.6 Å². The third kappa shape index (κ3) is 9.40. The number of methoxy groups -OCH3 is 1. The van der Waals surface area contributed by atoms with Crippen molar-refractivity contribution in [3.05, 3.63) is 0 Å². The number of amidine groups is 1. The molecule has 1 amide bonds. The summed E-state index contributed by atoms with van der Waals surface area (Å²) in [7, 11) is 1.67. The molecular formula is C16H31N3O4. The lowest BCUT2D eigenvalue weighted by molar-refractivity contribution is 0.0276. The van der Waals surface area contributed by atoms with Gasteiger partial charge >= 0.3 is 6.09 Å². The zero-order chi connectivity index (χ0) is 17.1. The maximum absolute atomic E-state index is 12.1. The van der Waals surface area contributed by atoms with Gasteiger partial charge in [-0.1, -0.05) is 0 Å². The van der Waals surface area contributed by atoms with Crippen molar-refractivity contribution in [2.75, 3.05) is 53.1 Å². The molecule has 23 heavy (non-hydrogen) atoms. The quantitative estimate of drug-likeness (QED) is 0.686. The Hall–Kier alpha value is -1.34. The lowest BCUT2D eigenvalue weighted by Crippen LogP contribution is -2.47. The van der Waals surface area contributed by atoms with E-state index in [1.54, 1.807) is 12.0 Å². The van der Waals surface area contributed by atoms with Crippen LogP contribution in [-0.4, -0.2) is 75.5 Å². The zero-order valence-electron chi connectivity index (χ0n) is 14.9. The van der Waals surface area contributed by atoms with E-state index in [4.69, 9.17) is 14.2 Å². The van der Waals surface area contributed by atoms with Crippen LogP contribution in [0.5, 0.6) is 0 Å². The average molecular weight is 329 g/mol. The fourth-order valence-electron chi connectivity index (χ4n) is 2.02. The van der Waals surface area contributed by atoms with Crippen molar-refractivity contribution in [1.82, 2.24) is 10.2 Å². The lowest BCUT2D eigenvalue weighted by Gasteiger charge is -2.29. The highest BCUT2D eigenvalue weighted by atomic mass is 16.6. The van der Waals surface area contributed by atoms with E-state index in [1.807, 2.05) is 20.8 Å². The minimum Gasteiger partial charge on any atom is -0.444 e. The molecule has 0 unspecified atom stereocenters. The van der Waals surface area contributed by atoms with Gasteiger partial charge in [-0.2, -0.15) is 0 Å². The molecule has 0 atom stereocenters. The van der Waals surface area contributed by atoms with Crippen LogP contribution in [0.25, 0.3) is 0 Å². The van der Waals surface area contributed by atoms with E-state index in [-0.39, 0.29) is 6.09 Å². The molecule has 0 fully saturated rings. The standard InChI is InChI=1S/C16H31N3O4/c1-16(2,3)23-15(20)19-9-8-18-14(13-19)17-7-5-6-10-22-12-11-21-4/h5-13H2,1-4H3,(H,17,18). The molecule has 1 aliphatic rings. The summed E-state index contributed by atoms with van der Waals surface area (Å²) in [6, 6.07) is 0. The van der Waals surface area contributed by atoms with E-state index in [9.17, 15) is 4.79 Å². The predicted molar refractivity (Wildman–Crippen MR) is 90.0 cm³/mol. The van der Waals surface area contributed by atoms with Gasteiger partial charge < -0.3 is 19.5 Å². The van der Waals surface area contributed by atoms with Gasteiger partial charge in [-0.05, 0) is 33.6 Å². The average Bonchev–Trinajstić information content (AvgIpc) is 2.48. The molecule has 0 saturated heterocycles. The van der Waals surface area contributed by atoms with Gasteiger partial charge in [0.05, 0.1) is 26.3 Å². The van der Waals surface area contributed by atoms with Crippen LogP contribution in [0, 0.1) is 0 Å². The van der Waals surface area contributed by atoms with Gasteiger partial charge in [-0.3, -0.25) is 9.89 Å². The van der Waals surface area contributed by atoms with Crippen LogP contribution in [0.3, 0.4) is 0 Å². The second-order valence-corrected chi connectivity index (χ2v) is 6.47. The monoisotopic (exact) mass is 329 g/mol.